The molecule has 5 aromatic rings. The van der Waals surface area contributed by atoms with E-state index in [0.29, 0.717) is 22.6 Å². The summed E-state index contributed by atoms with van der Waals surface area (Å²) >= 11 is 6.69. The Bertz CT molecular complexity index is 1510. The minimum Gasteiger partial charge on any atom is -0.477 e. The van der Waals surface area contributed by atoms with Gasteiger partial charge >= 0.3 is 5.97 Å². The quantitative estimate of drug-likeness (QED) is 0.204. The number of aliphatic hydroxyl groups is 1. The molecule has 0 saturated heterocycles. The smallest absolute Gasteiger partial charge is 0.352 e. The Morgan fingerprint density at radius 2 is 1.88 bits per heavy atom. The third kappa shape index (κ3) is 3.34. The van der Waals surface area contributed by atoms with Crippen molar-refractivity contribution in [1.29, 1.82) is 0 Å². The highest BCUT2D eigenvalue weighted by molar-refractivity contribution is 6.35. The van der Waals surface area contributed by atoms with E-state index in [1.807, 2.05) is 42.7 Å². The molecule has 33 heavy (non-hydrogen) atoms. The Kier molecular flexibility index (Phi) is 5.27. The fourth-order valence-corrected chi connectivity index (χ4v) is 5.13. The van der Waals surface area contributed by atoms with Crippen LogP contribution in [-0.4, -0.2) is 37.7 Å². The van der Waals surface area contributed by atoms with Crippen molar-refractivity contribution in [3.05, 3.63) is 70.6 Å². The average Bonchev–Trinajstić information content (AvgIpc) is 3.50. The maximum absolute atomic E-state index is 12.5. The number of fused-ring (bicyclic) bond motifs is 2. The van der Waals surface area contributed by atoms with Gasteiger partial charge in [0.15, 0.2) is 0 Å². The van der Waals surface area contributed by atoms with Gasteiger partial charge in [-0.25, -0.2) is 4.79 Å². The molecule has 5 N–H and O–H groups in total. The van der Waals surface area contributed by atoms with E-state index >= 15 is 0 Å². The highest BCUT2D eigenvalue weighted by Crippen LogP contribution is 2.46. The minimum atomic E-state index is -1.04. The number of carbonyl (C=O) groups is 1. The van der Waals surface area contributed by atoms with Crippen LogP contribution in [0.4, 0.5) is 0 Å². The second-order valence-corrected chi connectivity index (χ2v) is 8.91. The molecule has 5 rings (SSSR count). The van der Waals surface area contributed by atoms with Crippen LogP contribution in [0.1, 0.15) is 41.4 Å². The van der Waals surface area contributed by atoms with Crippen LogP contribution in [0.3, 0.4) is 0 Å². The minimum absolute atomic E-state index is 0.0140. The molecule has 6 nitrogen and oxygen atoms in total. The second-order valence-electron chi connectivity index (χ2n) is 8.50. The first-order chi connectivity index (χ1) is 15.9. The average molecular weight is 462 g/mol. The lowest BCUT2D eigenvalue weighted by atomic mass is 9.88. The van der Waals surface area contributed by atoms with Gasteiger partial charge < -0.3 is 25.2 Å². The van der Waals surface area contributed by atoms with Gasteiger partial charge in [-0.1, -0.05) is 37.6 Å². The van der Waals surface area contributed by atoms with Crippen molar-refractivity contribution in [3.63, 3.8) is 0 Å². The largest absolute Gasteiger partial charge is 0.477 e. The Morgan fingerprint density at radius 3 is 2.61 bits per heavy atom. The van der Waals surface area contributed by atoms with Crippen molar-refractivity contribution >= 4 is 39.4 Å². The summed E-state index contributed by atoms with van der Waals surface area (Å²) in [7, 11) is 0. The van der Waals surface area contributed by atoms with Crippen molar-refractivity contribution in [2.45, 2.75) is 26.2 Å². The van der Waals surface area contributed by atoms with Crippen LogP contribution in [0, 0.1) is 0 Å². The molecular formula is C26H24ClN3O3. The number of aliphatic hydroxyl groups excluding tert-OH is 1. The van der Waals surface area contributed by atoms with Crippen molar-refractivity contribution in [2.24, 2.45) is 0 Å². The lowest BCUT2D eigenvalue weighted by molar-refractivity contribution is 0.0692. The standard InChI is InChI=1S/C26H24ClN3O3/c1-13(2)20-23(22-15-8-10-28-18(15)7-6-17(22)27)25(26(32)33)30-24(20)16-4-3-5-19-21(16)14(9-11-31)12-29-19/h3-8,10,12-13,28-31H,9,11H2,1-2H3,(H,32,33). The number of aromatic carboxylic acids is 1. The first kappa shape index (κ1) is 21.4. The van der Waals surface area contributed by atoms with Crippen molar-refractivity contribution < 1.29 is 15.0 Å². The summed E-state index contributed by atoms with van der Waals surface area (Å²) in [6.45, 7) is 4.14. The van der Waals surface area contributed by atoms with Crippen LogP contribution in [0.5, 0.6) is 0 Å². The van der Waals surface area contributed by atoms with Crippen molar-refractivity contribution in [2.75, 3.05) is 6.61 Å². The highest BCUT2D eigenvalue weighted by Gasteiger charge is 2.29. The van der Waals surface area contributed by atoms with Crippen LogP contribution in [-0.2, 0) is 6.42 Å². The number of hydrogen-bond acceptors (Lipinski definition) is 2. The fraction of sp³-hybridized carbons (Fsp3) is 0.192. The lowest BCUT2D eigenvalue weighted by Crippen LogP contribution is -2.00. The predicted molar refractivity (Wildman–Crippen MR) is 132 cm³/mol. The molecular weight excluding hydrogens is 438 g/mol. The SMILES string of the molecule is CC(C)c1c(-c2cccc3[nH]cc(CCO)c23)[nH]c(C(=O)O)c1-c1c(Cl)ccc2[nH]ccc12. The number of benzene rings is 2. The zero-order valence-corrected chi connectivity index (χ0v) is 19.0. The van der Waals surface area contributed by atoms with E-state index in [9.17, 15) is 15.0 Å². The summed E-state index contributed by atoms with van der Waals surface area (Å²) in [5, 5.41) is 22.1. The summed E-state index contributed by atoms with van der Waals surface area (Å²) in [5.41, 5.74) is 6.78. The Labute approximate surface area is 195 Å². The molecule has 3 heterocycles. The number of nitrogens with one attached hydrogen (secondary N) is 3. The molecule has 0 unspecified atom stereocenters. The van der Waals surface area contributed by atoms with E-state index < -0.39 is 5.97 Å². The first-order valence-electron chi connectivity index (χ1n) is 10.9. The van der Waals surface area contributed by atoms with Gasteiger partial charge in [-0.05, 0) is 47.7 Å². The van der Waals surface area contributed by atoms with Crippen LogP contribution in [0.25, 0.3) is 44.2 Å². The zero-order chi connectivity index (χ0) is 23.3. The van der Waals surface area contributed by atoms with Gasteiger partial charge in [0.2, 0.25) is 0 Å². The number of carboxylic acids is 1. The first-order valence-corrected chi connectivity index (χ1v) is 11.3. The number of carboxylic acid groups (broad SMARTS) is 1. The number of H-pyrrole nitrogens is 3. The molecule has 0 atom stereocenters. The van der Waals surface area contributed by atoms with Gasteiger partial charge in [-0.3, -0.25) is 0 Å². The van der Waals surface area contributed by atoms with Crippen LogP contribution in [0.15, 0.2) is 48.8 Å². The van der Waals surface area contributed by atoms with E-state index in [1.165, 1.54) is 0 Å². The van der Waals surface area contributed by atoms with E-state index in [1.54, 1.807) is 6.07 Å². The van der Waals surface area contributed by atoms with Gasteiger partial charge in [0.05, 0.1) is 5.69 Å². The fourth-order valence-electron chi connectivity index (χ4n) is 4.87. The van der Waals surface area contributed by atoms with E-state index in [4.69, 9.17) is 11.6 Å². The number of aromatic nitrogens is 3. The number of hydrogen-bond donors (Lipinski definition) is 5. The molecule has 0 saturated carbocycles. The molecule has 0 aliphatic carbocycles. The summed E-state index contributed by atoms with van der Waals surface area (Å²) in [5.74, 6) is -1.03. The van der Waals surface area contributed by atoms with Crippen molar-refractivity contribution in [3.8, 4) is 22.4 Å². The van der Waals surface area contributed by atoms with E-state index in [-0.39, 0.29) is 18.2 Å². The third-order valence-electron chi connectivity index (χ3n) is 6.20. The summed E-state index contributed by atoms with van der Waals surface area (Å²) in [6.07, 6.45) is 4.23. The molecule has 0 amide bonds. The Hall–Kier alpha value is -3.48. The van der Waals surface area contributed by atoms with E-state index in [2.05, 4.69) is 28.8 Å². The van der Waals surface area contributed by atoms with Gasteiger partial charge in [0, 0.05) is 62.5 Å². The molecule has 2 aromatic carbocycles. The Morgan fingerprint density at radius 1 is 1.06 bits per heavy atom. The summed E-state index contributed by atoms with van der Waals surface area (Å²) < 4.78 is 0. The molecule has 0 spiro atoms. The summed E-state index contributed by atoms with van der Waals surface area (Å²) in [4.78, 5) is 22.2. The monoisotopic (exact) mass is 461 g/mol. The Balaban J connectivity index is 1.91. The molecule has 168 valence electrons. The topological polar surface area (TPSA) is 105 Å². The molecule has 0 aliphatic heterocycles. The van der Waals surface area contributed by atoms with Crippen LogP contribution >= 0.6 is 11.6 Å². The van der Waals surface area contributed by atoms with Gasteiger partial charge in [-0.2, -0.15) is 0 Å². The molecule has 7 heteroatoms. The summed E-state index contributed by atoms with van der Waals surface area (Å²) in [6, 6.07) is 11.5. The molecule has 0 fully saturated rings. The molecule has 0 radical (unpaired) electrons. The number of rotatable bonds is 6. The normalized spacial score (nSPS) is 11.8. The van der Waals surface area contributed by atoms with Gasteiger partial charge in [0.25, 0.3) is 0 Å². The second kappa shape index (κ2) is 8.14. The zero-order valence-electron chi connectivity index (χ0n) is 18.3. The highest BCUT2D eigenvalue weighted by atomic mass is 35.5. The maximum atomic E-state index is 12.5. The van der Waals surface area contributed by atoms with Crippen molar-refractivity contribution in [1.82, 2.24) is 15.0 Å². The predicted octanol–water partition coefficient (Wildman–Crippen LogP) is 6.32. The number of halogens is 1. The van der Waals surface area contributed by atoms with Crippen LogP contribution in [0.2, 0.25) is 5.02 Å². The van der Waals surface area contributed by atoms with Gasteiger partial charge in [-0.15, -0.1) is 0 Å². The molecule has 3 aromatic heterocycles. The van der Waals surface area contributed by atoms with Gasteiger partial charge in [0.1, 0.15) is 5.69 Å². The maximum Gasteiger partial charge on any atom is 0.352 e. The molecule has 0 aliphatic rings. The molecule has 0 bridgehead atoms. The third-order valence-corrected chi connectivity index (χ3v) is 6.52. The van der Waals surface area contributed by atoms with Crippen LogP contribution < -0.4 is 0 Å². The van der Waals surface area contributed by atoms with E-state index in [0.717, 1.165) is 44.2 Å². The number of aromatic amines is 3. The lowest BCUT2D eigenvalue weighted by Gasteiger charge is -2.15.